The van der Waals surface area contributed by atoms with E-state index in [1.165, 1.54) is 13.2 Å². The number of halogens is 2. The fraction of sp³-hybridized carbons (Fsp3) is 0.421. The topological polar surface area (TPSA) is 84.9 Å². The number of imide groups is 1. The van der Waals surface area contributed by atoms with Gasteiger partial charge in [-0.1, -0.05) is 26.8 Å². The smallest absolute Gasteiger partial charge is 0.338 e. The molecule has 0 unspecified atom stereocenters. The zero-order valence-corrected chi connectivity index (χ0v) is 16.3. The van der Waals surface area contributed by atoms with Gasteiger partial charge in [0.25, 0.3) is 0 Å². The first-order chi connectivity index (χ1) is 13.0. The molecule has 0 saturated carbocycles. The average Bonchev–Trinajstić information content (AvgIpc) is 2.62. The van der Waals surface area contributed by atoms with Crippen molar-refractivity contribution in [2.75, 3.05) is 20.8 Å². The van der Waals surface area contributed by atoms with Gasteiger partial charge in [0.2, 0.25) is 5.91 Å². The predicted molar refractivity (Wildman–Crippen MR) is 94.8 cm³/mol. The Hall–Kier alpha value is -2.81. The van der Waals surface area contributed by atoms with E-state index in [4.69, 9.17) is 9.47 Å². The number of urea groups is 1. The van der Waals surface area contributed by atoms with E-state index in [0.717, 1.165) is 24.1 Å². The van der Waals surface area contributed by atoms with Crippen LogP contribution in [0.5, 0.6) is 0 Å². The highest BCUT2D eigenvalue weighted by Gasteiger charge is 2.45. The summed E-state index contributed by atoms with van der Waals surface area (Å²) in [6.45, 7) is 4.62. The normalized spacial score (nSPS) is 17.5. The van der Waals surface area contributed by atoms with E-state index in [1.807, 2.05) is 0 Å². The molecule has 152 valence electrons. The Morgan fingerprint density at radius 1 is 1.18 bits per heavy atom. The summed E-state index contributed by atoms with van der Waals surface area (Å²) in [5, 5.41) is 2.46. The molecule has 3 amide bonds. The van der Waals surface area contributed by atoms with Crippen LogP contribution < -0.4 is 5.32 Å². The quantitative estimate of drug-likeness (QED) is 0.791. The number of carbonyl (C=O) groups excluding carboxylic acids is 3. The summed E-state index contributed by atoms with van der Waals surface area (Å²) in [7, 11) is 2.49. The molecule has 1 N–H and O–H groups in total. The minimum Gasteiger partial charge on any atom is -0.466 e. The fourth-order valence-electron chi connectivity index (χ4n) is 2.84. The molecule has 1 aromatic rings. The summed E-state index contributed by atoms with van der Waals surface area (Å²) < 4.78 is 37.2. The van der Waals surface area contributed by atoms with Crippen LogP contribution in [0.15, 0.2) is 29.5 Å². The molecule has 28 heavy (non-hydrogen) atoms. The van der Waals surface area contributed by atoms with Crippen LogP contribution in [-0.2, 0) is 19.1 Å². The van der Waals surface area contributed by atoms with Gasteiger partial charge in [-0.2, -0.15) is 0 Å². The Morgan fingerprint density at radius 2 is 1.82 bits per heavy atom. The Bertz CT molecular complexity index is 845. The number of hydrogen-bond acceptors (Lipinski definition) is 5. The van der Waals surface area contributed by atoms with E-state index >= 15 is 0 Å². The van der Waals surface area contributed by atoms with Gasteiger partial charge in [0, 0.05) is 12.5 Å². The van der Waals surface area contributed by atoms with E-state index in [0.29, 0.717) is 0 Å². The summed E-state index contributed by atoms with van der Waals surface area (Å²) in [5.41, 5.74) is -0.978. The number of methoxy groups -OCH3 is 2. The molecule has 0 bridgehead atoms. The Kier molecular flexibility index (Phi) is 6.18. The van der Waals surface area contributed by atoms with E-state index in [9.17, 15) is 23.2 Å². The maximum absolute atomic E-state index is 13.9. The molecule has 0 spiro atoms. The van der Waals surface area contributed by atoms with Crippen molar-refractivity contribution in [2.24, 2.45) is 5.41 Å². The maximum atomic E-state index is 13.9. The second kappa shape index (κ2) is 8.05. The molecule has 1 heterocycles. The fourth-order valence-corrected chi connectivity index (χ4v) is 2.84. The largest absolute Gasteiger partial charge is 0.466 e. The first-order valence-electron chi connectivity index (χ1n) is 8.42. The molecule has 9 heteroatoms. The van der Waals surface area contributed by atoms with Crippen molar-refractivity contribution >= 4 is 17.9 Å². The molecule has 2 rings (SSSR count). The molecule has 1 aliphatic heterocycles. The summed E-state index contributed by atoms with van der Waals surface area (Å²) in [4.78, 5) is 39.1. The molecule has 1 aromatic carbocycles. The number of carbonyl (C=O) groups is 3. The van der Waals surface area contributed by atoms with Crippen molar-refractivity contribution in [3.8, 4) is 0 Å². The lowest BCUT2D eigenvalue weighted by molar-refractivity contribution is -0.140. The number of amides is 3. The highest BCUT2D eigenvalue weighted by atomic mass is 19.2. The number of ether oxygens (including phenoxy) is 2. The molecule has 1 aliphatic rings. The van der Waals surface area contributed by atoms with Crippen molar-refractivity contribution < 1.29 is 32.6 Å². The van der Waals surface area contributed by atoms with Crippen molar-refractivity contribution in [2.45, 2.75) is 26.8 Å². The van der Waals surface area contributed by atoms with E-state index < -0.39 is 41.0 Å². The molecular weight excluding hydrogens is 374 g/mol. The number of nitrogens with zero attached hydrogens (tertiary/aromatic N) is 1. The monoisotopic (exact) mass is 396 g/mol. The van der Waals surface area contributed by atoms with Crippen molar-refractivity contribution in [1.29, 1.82) is 0 Å². The van der Waals surface area contributed by atoms with Crippen LogP contribution in [0, 0.1) is 17.0 Å². The van der Waals surface area contributed by atoms with Gasteiger partial charge in [-0.05, 0) is 17.7 Å². The zero-order chi connectivity index (χ0) is 21.2. The maximum Gasteiger partial charge on any atom is 0.338 e. The van der Waals surface area contributed by atoms with Crippen molar-refractivity contribution in [1.82, 2.24) is 10.2 Å². The van der Waals surface area contributed by atoms with Crippen LogP contribution in [0.1, 0.15) is 32.4 Å². The van der Waals surface area contributed by atoms with Crippen molar-refractivity contribution in [3.05, 3.63) is 46.7 Å². The SMILES string of the molecule is COCC1=C(C(=O)OC)[C@H](c2ccc(F)c(F)c2)N(C(=O)C(C)(C)C)C(=O)N1. The first-order valence-corrected chi connectivity index (χ1v) is 8.42. The number of benzene rings is 1. The minimum atomic E-state index is -1.31. The Morgan fingerprint density at radius 3 is 2.32 bits per heavy atom. The van der Waals surface area contributed by atoms with Gasteiger partial charge in [-0.15, -0.1) is 0 Å². The third kappa shape index (κ3) is 4.04. The molecule has 0 fully saturated rings. The predicted octanol–water partition coefficient (Wildman–Crippen LogP) is 2.68. The van der Waals surface area contributed by atoms with Crippen LogP contribution in [0.3, 0.4) is 0 Å². The van der Waals surface area contributed by atoms with Crippen LogP contribution in [-0.4, -0.2) is 43.6 Å². The molecule has 0 aromatic heterocycles. The van der Waals surface area contributed by atoms with Gasteiger partial charge in [0.05, 0.1) is 25.0 Å². The number of hydrogen-bond donors (Lipinski definition) is 1. The number of nitrogens with one attached hydrogen (secondary N) is 1. The van der Waals surface area contributed by atoms with Crippen LogP contribution in [0.4, 0.5) is 13.6 Å². The number of rotatable bonds is 4. The van der Waals surface area contributed by atoms with Gasteiger partial charge in [-0.3, -0.25) is 9.69 Å². The lowest BCUT2D eigenvalue weighted by Gasteiger charge is -2.39. The molecule has 1 atom stereocenters. The van der Waals surface area contributed by atoms with Crippen molar-refractivity contribution in [3.63, 3.8) is 0 Å². The first kappa shape index (κ1) is 21.5. The average molecular weight is 396 g/mol. The van der Waals surface area contributed by atoms with Gasteiger partial charge in [0.1, 0.15) is 6.04 Å². The summed E-state index contributed by atoms with van der Waals surface area (Å²) in [5.74, 6) is -3.73. The molecular formula is C19H22F2N2O5. The standard InChI is InChI=1S/C19H22F2N2O5/c1-19(2,3)17(25)23-15(10-6-7-11(20)12(21)8-10)14(16(24)28-5)13(9-27-4)22-18(23)26/h6-8,15H,9H2,1-5H3,(H,22,26)/t15-/m0/s1. The Labute approximate surface area is 161 Å². The van der Waals surface area contributed by atoms with E-state index in [-0.39, 0.29) is 23.4 Å². The Balaban J connectivity index is 2.78. The highest BCUT2D eigenvalue weighted by molar-refractivity contribution is 6.03. The second-order valence-corrected chi connectivity index (χ2v) is 7.25. The van der Waals surface area contributed by atoms with E-state index in [1.54, 1.807) is 20.8 Å². The van der Waals surface area contributed by atoms with Gasteiger partial charge < -0.3 is 14.8 Å². The summed E-state index contributed by atoms with van der Waals surface area (Å²) in [6.07, 6.45) is 0. The van der Waals surface area contributed by atoms with Crippen LogP contribution in [0.25, 0.3) is 0 Å². The third-order valence-corrected chi connectivity index (χ3v) is 4.15. The lowest BCUT2D eigenvalue weighted by Crippen LogP contribution is -2.55. The molecule has 7 nitrogen and oxygen atoms in total. The molecule has 0 aliphatic carbocycles. The minimum absolute atomic E-state index is 0.0420. The van der Waals surface area contributed by atoms with Crippen LogP contribution >= 0.6 is 0 Å². The molecule has 0 radical (unpaired) electrons. The summed E-state index contributed by atoms with van der Waals surface area (Å²) >= 11 is 0. The third-order valence-electron chi connectivity index (χ3n) is 4.15. The molecule has 0 saturated heterocycles. The number of esters is 1. The lowest BCUT2D eigenvalue weighted by atomic mass is 9.88. The summed E-state index contributed by atoms with van der Waals surface area (Å²) in [6, 6.07) is 0.789. The van der Waals surface area contributed by atoms with Gasteiger partial charge in [-0.25, -0.2) is 18.4 Å². The van der Waals surface area contributed by atoms with Crippen LogP contribution in [0.2, 0.25) is 0 Å². The highest BCUT2D eigenvalue weighted by Crippen LogP contribution is 2.37. The van der Waals surface area contributed by atoms with Gasteiger partial charge >= 0.3 is 12.0 Å². The van der Waals surface area contributed by atoms with Gasteiger partial charge in [0.15, 0.2) is 11.6 Å². The van der Waals surface area contributed by atoms with E-state index in [2.05, 4.69) is 5.32 Å². The zero-order valence-electron chi connectivity index (χ0n) is 16.3. The second-order valence-electron chi connectivity index (χ2n) is 7.25.